The molecular formula is C40H74NO12P. The lowest BCUT2D eigenvalue weighted by Crippen LogP contribution is -2.34. The van der Waals surface area contributed by atoms with E-state index in [2.05, 4.69) is 36.6 Å². The Hall–Kier alpha value is -2.12. The molecule has 0 aliphatic heterocycles. The van der Waals surface area contributed by atoms with Crippen LogP contribution in [0.25, 0.3) is 0 Å². The third kappa shape index (κ3) is 33.2. The van der Waals surface area contributed by atoms with Crippen LogP contribution in [0, 0.1) is 0 Å². The molecule has 0 aliphatic rings. The quantitative estimate of drug-likeness (QED) is 0.0173. The van der Waals surface area contributed by atoms with Gasteiger partial charge in [-0.05, 0) is 64.2 Å². The predicted molar refractivity (Wildman–Crippen MR) is 211 cm³/mol. The standard InChI is InChI=1S/C40H74NO12P/c1-3-5-7-9-11-12-13-14-15-16-17-21-25-29-38(44)50-31-34(32-51-54(48,49)52-33-35(41)40(46)47)53-39(45)30-26-22-18-20-24-28-37(43)36(42)27-23-19-10-8-6-4-2/h12-13,19,23,34-37,42-43H,3-11,14-18,20-22,24-33,41H2,1-2H3,(H,46,47)(H,48,49)/b13-12-,23-19-/t34-,35+,36+,37+/m1/s1. The van der Waals surface area contributed by atoms with Gasteiger partial charge in [0.25, 0.3) is 0 Å². The number of hydrogen-bond donors (Lipinski definition) is 5. The summed E-state index contributed by atoms with van der Waals surface area (Å²) in [5.74, 6) is -2.52. The van der Waals surface area contributed by atoms with E-state index in [1.54, 1.807) is 0 Å². The number of nitrogens with two attached hydrogens (primary N) is 1. The Morgan fingerprint density at radius 1 is 0.630 bits per heavy atom. The molecule has 0 amide bonds. The first kappa shape index (κ1) is 51.9. The van der Waals surface area contributed by atoms with Gasteiger partial charge in [-0.1, -0.05) is 115 Å². The summed E-state index contributed by atoms with van der Waals surface area (Å²) in [6.07, 6.45) is 27.0. The summed E-state index contributed by atoms with van der Waals surface area (Å²) in [5.41, 5.74) is 5.31. The minimum absolute atomic E-state index is 0.0614. The number of rotatable bonds is 38. The maximum absolute atomic E-state index is 12.6. The van der Waals surface area contributed by atoms with Crippen molar-refractivity contribution in [2.45, 2.75) is 192 Å². The molecule has 0 heterocycles. The molecule has 0 aromatic rings. The van der Waals surface area contributed by atoms with Crippen LogP contribution < -0.4 is 5.73 Å². The molecular weight excluding hydrogens is 717 g/mol. The van der Waals surface area contributed by atoms with E-state index in [-0.39, 0.29) is 12.8 Å². The fourth-order valence-corrected chi connectivity index (χ4v) is 6.21. The summed E-state index contributed by atoms with van der Waals surface area (Å²) in [7, 11) is -4.75. The average Bonchev–Trinajstić information content (AvgIpc) is 3.14. The van der Waals surface area contributed by atoms with E-state index in [1.807, 2.05) is 6.08 Å². The van der Waals surface area contributed by atoms with Crippen molar-refractivity contribution in [3.8, 4) is 0 Å². The van der Waals surface area contributed by atoms with Crippen molar-refractivity contribution < 1.29 is 57.7 Å². The Morgan fingerprint density at radius 3 is 1.72 bits per heavy atom. The van der Waals surface area contributed by atoms with Crippen molar-refractivity contribution in [1.29, 1.82) is 0 Å². The minimum atomic E-state index is -4.75. The van der Waals surface area contributed by atoms with Crippen molar-refractivity contribution in [3.63, 3.8) is 0 Å². The number of aliphatic hydroxyl groups is 2. The number of aliphatic carboxylic acids is 1. The Morgan fingerprint density at radius 2 is 1.11 bits per heavy atom. The number of ether oxygens (including phenoxy) is 2. The predicted octanol–water partition coefficient (Wildman–Crippen LogP) is 8.22. The van der Waals surface area contributed by atoms with Crippen molar-refractivity contribution >= 4 is 25.7 Å². The smallest absolute Gasteiger partial charge is 0.472 e. The molecule has 6 N–H and O–H groups in total. The molecule has 5 atom stereocenters. The van der Waals surface area contributed by atoms with Crippen molar-refractivity contribution in [2.24, 2.45) is 5.73 Å². The van der Waals surface area contributed by atoms with Gasteiger partial charge >= 0.3 is 25.7 Å². The molecule has 0 aromatic carbocycles. The fraction of sp³-hybridized carbons (Fsp3) is 0.825. The first-order valence-electron chi connectivity index (χ1n) is 20.5. The monoisotopic (exact) mass is 791 g/mol. The van der Waals surface area contributed by atoms with Gasteiger partial charge < -0.3 is 35.4 Å². The largest absolute Gasteiger partial charge is 0.480 e. The number of carboxylic acids is 1. The number of unbranched alkanes of at least 4 members (excludes halogenated alkanes) is 16. The van der Waals surface area contributed by atoms with Gasteiger partial charge in [-0.25, -0.2) is 4.57 Å². The number of allylic oxidation sites excluding steroid dienone is 3. The molecule has 0 fully saturated rings. The number of hydrogen-bond acceptors (Lipinski definition) is 11. The molecule has 316 valence electrons. The number of aliphatic hydroxyl groups excluding tert-OH is 2. The van der Waals surface area contributed by atoms with Gasteiger partial charge in [0.05, 0.1) is 25.4 Å². The highest BCUT2D eigenvalue weighted by Crippen LogP contribution is 2.43. The molecule has 0 aliphatic carbocycles. The van der Waals surface area contributed by atoms with E-state index < -0.39 is 69.9 Å². The summed E-state index contributed by atoms with van der Waals surface area (Å²) in [4.78, 5) is 45.8. The molecule has 54 heavy (non-hydrogen) atoms. The number of carboxylic acid groups (broad SMARTS) is 1. The second-order valence-electron chi connectivity index (χ2n) is 14.1. The summed E-state index contributed by atoms with van der Waals surface area (Å²) in [6.45, 7) is 2.55. The minimum Gasteiger partial charge on any atom is -0.480 e. The highest BCUT2D eigenvalue weighted by molar-refractivity contribution is 7.47. The number of esters is 2. The van der Waals surface area contributed by atoms with E-state index in [0.717, 1.165) is 83.5 Å². The van der Waals surface area contributed by atoms with Gasteiger partial charge in [0.2, 0.25) is 0 Å². The average molecular weight is 792 g/mol. The first-order chi connectivity index (χ1) is 25.9. The van der Waals surface area contributed by atoms with Crippen LogP contribution in [0.1, 0.15) is 168 Å². The van der Waals surface area contributed by atoms with Crippen LogP contribution in [-0.4, -0.2) is 82.3 Å². The Labute approximate surface area is 325 Å². The molecule has 0 aromatic heterocycles. The maximum atomic E-state index is 12.6. The molecule has 0 spiro atoms. The summed E-state index contributed by atoms with van der Waals surface area (Å²) < 4.78 is 32.5. The third-order valence-electron chi connectivity index (χ3n) is 8.87. The lowest BCUT2D eigenvalue weighted by atomic mass is 10.0. The van der Waals surface area contributed by atoms with Crippen LogP contribution in [0.3, 0.4) is 0 Å². The van der Waals surface area contributed by atoms with E-state index in [4.69, 9.17) is 24.8 Å². The number of carbonyl (C=O) groups excluding carboxylic acids is 2. The second-order valence-corrected chi connectivity index (χ2v) is 15.5. The lowest BCUT2D eigenvalue weighted by molar-refractivity contribution is -0.161. The molecule has 13 nitrogen and oxygen atoms in total. The van der Waals surface area contributed by atoms with Crippen LogP contribution >= 0.6 is 7.82 Å². The van der Waals surface area contributed by atoms with E-state index in [9.17, 15) is 34.1 Å². The molecule has 0 saturated heterocycles. The van der Waals surface area contributed by atoms with Crippen LogP contribution in [0.4, 0.5) is 0 Å². The Balaban J connectivity index is 4.54. The van der Waals surface area contributed by atoms with Gasteiger partial charge in [0.15, 0.2) is 6.10 Å². The maximum Gasteiger partial charge on any atom is 0.472 e. The summed E-state index contributed by atoms with van der Waals surface area (Å²) in [6, 6.07) is -1.55. The second kappa shape index (κ2) is 35.3. The van der Waals surface area contributed by atoms with Crippen LogP contribution in [0.15, 0.2) is 24.3 Å². The summed E-state index contributed by atoms with van der Waals surface area (Å²) in [5, 5.41) is 29.3. The zero-order valence-electron chi connectivity index (χ0n) is 33.3. The highest BCUT2D eigenvalue weighted by atomic mass is 31.2. The zero-order chi connectivity index (χ0) is 40.3. The first-order valence-corrected chi connectivity index (χ1v) is 22.0. The molecule has 0 radical (unpaired) electrons. The van der Waals surface area contributed by atoms with Gasteiger partial charge in [-0.2, -0.15) is 0 Å². The number of phosphoric acid groups is 1. The topological polar surface area (TPSA) is 212 Å². The van der Waals surface area contributed by atoms with E-state index >= 15 is 0 Å². The van der Waals surface area contributed by atoms with Gasteiger partial charge in [-0.3, -0.25) is 23.4 Å². The highest BCUT2D eigenvalue weighted by Gasteiger charge is 2.28. The third-order valence-corrected chi connectivity index (χ3v) is 9.82. The van der Waals surface area contributed by atoms with Crippen LogP contribution in [0.5, 0.6) is 0 Å². The van der Waals surface area contributed by atoms with E-state index in [0.29, 0.717) is 25.7 Å². The molecule has 0 saturated carbocycles. The molecule has 1 unspecified atom stereocenters. The lowest BCUT2D eigenvalue weighted by Gasteiger charge is -2.20. The summed E-state index contributed by atoms with van der Waals surface area (Å²) >= 11 is 0. The van der Waals surface area contributed by atoms with E-state index in [1.165, 1.54) is 32.1 Å². The van der Waals surface area contributed by atoms with Gasteiger partial charge in [0.1, 0.15) is 12.6 Å². The fourth-order valence-electron chi connectivity index (χ4n) is 5.43. The normalized spacial score (nSPS) is 15.2. The molecule has 14 heteroatoms. The van der Waals surface area contributed by atoms with Crippen molar-refractivity contribution in [3.05, 3.63) is 24.3 Å². The number of phosphoric ester groups is 1. The Kier molecular flexibility index (Phi) is 33.9. The zero-order valence-corrected chi connectivity index (χ0v) is 34.2. The Bertz CT molecular complexity index is 1060. The van der Waals surface area contributed by atoms with Crippen molar-refractivity contribution in [1.82, 2.24) is 0 Å². The molecule has 0 rings (SSSR count). The van der Waals surface area contributed by atoms with Gasteiger partial charge in [0, 0.05) is 12.8 Å². The van der Waals surface area contributed by atoms with Gasteiger partial charge in [-0.15, -0.1) is 0 Å². The number of carbonyl (C=O) groups is 3. The molecule has 0 bridgehead atoms. The SMILES string of the molecule is CCCCC/C=C\C[C@H](O)[C@@H](O)CCCCCCCC(=O)O[C@H](COC(=O)CCCCCCC/C=C\CCCCCC)COP(=O)(O)OC[C@H](N)C(=O)O. The van der Waals surface area contributed by atoms with Crippen LogP contribution in [-0.2, 0) is 37.5 Å². The van der Waals surface area contributed by atoms with Crippen LogP contribution in [0.2, 0.25) is 0 Å². The van der Waals surface area contributed by atoms with Crippen molar-refractivity contribution in [2.75, 3.05) is 19.8 Å².